The van der Waals surface area contributed by atoms with Crippen molar-refractivity contribution in [2.45, 2.75) is 29.5 Å². The van der Waals surface area contributed by atoms with E-state index in [1.807, 2.05) is 24.9 Å². The van der Waals surface area contributed by atoms with Gasteiger partial charge in [0.05, 0.1) is 12.8 Å². The molecule has 0 bridgehead atoms. The Bertz CT molecular complexity index is 384. The summed E-state index contributed by atoms with van der Waals surface area (Å²) in [6.07, 6.45) is 1.18. The SMILES string of the molecule is CNCCC1Sc2ccc(OC)cc2NC1C. The number of fused-ring (bicyclic) bond motifs is 1. The molecular weight excluding hydrogens is 232 g/mol. The summed E-state index contributed by atoms with van der Waals surface area (Å²) in [6, 6.07) is 6.74. The Hall–Kier alpha value is -0.870. The summed E-state index contributed by atoms with van der Waals surface area (Å²) in [5.74, 6) is 0.915. The smallest absolute Gasteiger partial charge is 0.121 e. The van der Waals surface area contributed by atoms with Crippen molar-refractivity contribution in [1.82, 2.24) is 5.32 Å². The largest absolute Gasteiger partial charge is 0.497 e. The molecule has 1 aliphatic rings. The lowest BCUT2D eigenvalue weighted by Gasteiger charge is -2.32. The molecule has 94 valence electrons. The van der Waals surface area contributed by atoms with Crippen LogP contribution in [0.4, 0.5) is 5.69 Å². The van der Waals surface area contributed by atoms with E-state index in [0.717, 1.165) is 12.3 Å². The van der Waals surface area contributed by atoms with Gasteiger partial charge in [0.25, 0.3) is 0 Å². The maximum Gasteiger partial charge on any atom is 0.121 e. The fourth-order valence-corrected chi connectivity index (χ4v) is 3.28. The van der Waals surface area contributed by atoms with E-state index < -0.39 is 0 Å². The van der Waals surface area contributed by atoms with Crippen molar-refractivity contribution in [3.05, 3.63) is 18.2 Å². The number of benzene rings is 1. The van der Waals surface area contributed by atoms with E-state index >= 15 is 0 Å². The minimum Gasteiger partial charge on any atom is -0.497 e. The predicted molar refractivity (Wildman–Crippen MR) is 74.3 cm³/mol. The molecule has 0 aromatic heterocycles. The van der Waals surface area contributed by atoms with E-state index in [1.165, 1.54) is 17.0 Å². The van der Waals surface area contributed by atoms with Crippen molar-refractivity contribution in [2.75, 3.05) is 26.0 Å². The van der Waals surface area contributed by atoms with Crippen molar-refractivity contribution < 1.29 is 4.74 Å². The molecule has 0 spiro atoms. The van der Waals surface area contributed by atoms with Crippen molar-refractivity contribution in [1.29, 1.82) is 0 Å². The molecular formula is C13H20N2OS. The van der Waals surface area contributed by atoms with Gasteiger partial charge in [-0.15, -0.1) is 11.8 Å². The van der Waals surface area contributed by atoms with E-state index in [1.54, 1.807) is 7.11 Å². The van der Waals surface area contributed by atoms with Crippen LogP contribution in [0.2, 0.25) is 0 Å². The van der Waals surface area contributed by atoms with Crippen LogP contribution in [0.1, 0.15) is 13.3 Å². The van der Waals surface area contributed by atoms with Crippen LogP contribution < -0.4 is 15.4 Å². The highest BCUT2D eigenvalue weighted by Crippen LogP contribution is 2.40. The first kappa shape index (κ1) is 12.6. The van der Waals surface area contributed by atoms with Crippen LogP contribution in [-0.2, 0) is 0 Å². The number of nitrogens with one attached hydrogen (secondary N) is 2. The van der Waals surface area contributed by atoms with E-state index in [0.29, 0.717) is 11.3 Å². The highest BCUT2D eigenvalue weighted by molar-refractivity contribution is 8.00. The van der Waals surface area contributed by atoms with Gasteiger partial charge in [0.15, 0.2) is 0 Å². The molecule has 4 heteroatoms. The van der Waals surface area contributed by atoms with Gasteiger partial charge in [-0.3, -0.25) is 0 Å². The second-order valence-electron chi connectivity index (χ2n) is 4.34. The van der Waals surface area contributed by atoms with E-state index in [9.17, 15) is 0 Å². The van der Waals surface area contributed by atoms with Crippen LogP contribution in [0.25, 0.3) is 0 Å². The third kappa shape index (κ3) is 2.87. The minimum absolute atomic E-state index is 0.493. The topological polar surface area (TPSA) is 33.3 Å². The normalized spacial score (nSPS) is 22.8. The zero-order valence-electron chi connectivity index (χ0n) is 10.6. The van der Waals surface area contributed by atoms with E-state index in [2.05, 4.69) is 29.7 Å². The maximum absolute atomic E-state index is 5.25. The van der Waals surface area contributed by atoms with Gasteiger partial charge in [-0.25, -0.2) is 0 Å². The summed E-state index contributed by atoms with van der Waals surface area (Å²) in [6.45, 7) is 3.31. The molecule has 1 aromatic carbocycles. The van der Waals surface area contributed by atoms with Crippen molar-refractivity contribution in [2.24, 2.45) is 0 Å². The lowest BCUT2D eigenvalue weighted by Crippen LogP contribution is -2.33. The number of anilines is 1. The van der Waals surface area contributed by atoms with Gasteiger partial charge in [-0.2, -0.15) is 0 Å². The first-order chi connectivity index (χ1) is 8.24. The van der Waals surface area contributed by atoms with Gasteiger partial charge in [0, 0.05) is 22.3 Å². The number of methoxy groups -OCH3 is 1. The van der Waals surface area contributed by atoms with Crippen molar-refractivity contribution in [3.63, 3.8) is 0 Å². The van der Waals surface area contributed by atoms with Crippen LogP contribution >= 0.6 is 11.8 Å². The first-order valence-corrected chi connectivity index (χ1v) is 6.88. The molecule has 3 nitrogen and oxygen atoms in total. The molecule has 2 unspecified atom stereocenters. The summed E-state index contributed by atoms with van der Waals surface area (Å²) in [4.78, 5) is 1.32. The summed E-state index contributed by atoms with van der Waals surface area (Å²) < 4.78 is 5.25. The summed E-state index contributed by atoms with van der Waals surface area (Å²) >= 11 is 1.97. The van der Waals surface area contributed by atoms with Crippen LogP contribution in [0, 0.1) is 0 Å². The zero-order valence-corrected chi connectivity index (χ0v) is 11.4. The summed E-state index contributed by atoms with van der Waals surface area (Å²) in [7, 11) is 3.71. The molecule has 0 saturated carbocycles. The molecule has 0 amide bonds. The monoisotopic (exact) mass is 252 g/mol. The van der Waals surface area contributed by atoms with Crippen molar-refractivity contribution in [3.8, 4) is 5.75 Å². The van der Waals surface area contributed by atoms with Gasteiger partial charge >= 0.3 is 0 Å². The zero-order chi connectivity index (χ0) is 12.3. The second-order valence-corrected chi connectivity index (χ2v) is 5.62. The first-order valence-electron chi connectivity index (χ1n) is 6.00. The molecule has 2 N–H and O–H groups in total. The average Bonchev–Trinajstić information content (AvgIpc) is 2.35. The summed E-state index contributed by atoms with van der Waals surface area (Å²) in [5, 5.41) is 7.41. The molecule has 2 rings (SSSR count). The standard InChI is InChI=1S/C13H20N2OS/c1-9-12(6-7-14-2)17-13-5-4-10(16-3)8-11(13)15-9/h4-5,8-9,12,14-15H,6-7H2,1-3H3. The summed E-state index contributed by atoms with van der Waals surface area (Å²) in [5.41, 5.74) is 1.20. The minimum atomic E-state index is 0.493. The van der Waals surface area contributed by atoms with Crippen LogP contribution in [0.15, 0.2) is 23.1 Å². The number of hydrogen-bond donors (Lipinski definition) is 2. The second kappa shape index (κ2) is 5.65. The Morgan fingerprint density at radius 1 is 1.47 bits per heavy atom. The molecule has 0 radical (unpaired) electrons. The number of rotatable bonds is 4. The van der Waals surface area contributed by atoms with Crippen LogP contribution in [0.5, 0.6) is 5.75 Å². The van der Waals surface area contributed by atoms with E-state index in [4.69, 9.17) is 4.74 Å². The Morgan fingerprint density at radius 3 is 3.00 bits per heavy atom. The molecule has 1 aromatic rings. The fourth-order valence-electron chi connectivity index (χ4n) is 2.05. The Morgan fingerprint density at radius 2 is 2.29 bits per heavy atom. The Labute approximate surface area is 107 Å². The molecule has 0 fully saturated rings. The highest BCUT2D eigenvalue weighted by Gasteiger charge is 2.25. The quantitative estimate of drug-likeness (QED) is 0.863. The molecule has 0 saturated heterocycles. The van der Waals surface area contributed by atoms with E-state index in [-0.39, 0.29) is 0 Å². The molecule has 1 heterocycles. The molecule has 1 aliphatic heterocycles. The van der Waals surface area contributed by atoms with Gasteiger partial charge in [0.1, 0.15) is 5.75 Å². The predicted octanol–water partition coefficient (Wildman–Crippen LogP) is 2.58. The third-order valence-electron chi connectivity index (χ3n) is 3.08. The molecule has 0 aliphatic carbocycles. The fraction of sp³-hybridized carbons (Fsp3) is 0.538. The van der Waals surface area contributed by atoms with Crippen molar-refractivity contribution >= 4 is 17.4 Å². The Balaban J connectivity index is 2.12. The lowest BCUT2D eigenvalue weighted by atomic mass is 10.1. The number of hydrogen-bond acceptors (Lipinski definition) is 4. The lowest BCUT2D eigenvalue weighted by molar-refractivity contribution is 0.414. The van der Waals surface area contributed by atoms with Gasteiger partial charge in [-0.1, -0.05) is 0 Å². The van der Waals surface area contributed by atoms with Crippen LogP contribution in [0.3, 0.4) is 0 Å². The Kier molecular flexibility index (Phi) is 4.18. The maximum atomic E-state index is 5.25. The third-order valence-corrected chi connectivity index (χ3v) is 4.64. The van der Waals surface area contributed by atoms with Gasteiger partial charge in [-0.05, 0) is 39.1 Å². The van der Waals surface area contributed by atoms with Gasteiger partial charge < -0.3 is 15.4 Å². The number of ether oxygens (including phenoxy) is 1. The molecule has 2 atom stereocenters. The highest BCUT2D eigenvalue weighted by atomic mass is 32.2. The molecule has 17 heavy (non-hydrogen) atoms. The average molecular weight is 252 g/mol. The van der Waals surface area contributed by atoms with Crippen LogP contribution in [-0.4, -0.2) is 32.0 Å². The number of thioether (sulfide) groups is 1. The van der Waals surface area contributed by atoms with Gasteiger partial charge in [0.2, 0.25) is 0 Å².